The Morgan fingerprint density at radius 1 is 1.15 bits per heavy atom. The van der Waals surface area contributed by atoms with Crippen molar-refractivity contribution < 1.29 is 31.1 Å². The van der Waals surface area contributed by atoms with Gasteiger partial charge >= 0.3 is 22.4 Å². The molecule has 1 aromatic carbocycles. The first-order chi connectivity index (χ1) is 16.0. The van der Waals surface area contributed by atoms with E-state index in [1.165, 1.54) is 12.5 Å². The molecule has 34 heavy (non-hydrogen) atoms. The third kappa shape index (κ3) is 6.47. The number of hydrogen-bond acceptors (Lipinski definition) is 5. The lowest BCUT2D eigenvalue weighted by Crippen LogP contribution is -2.59. The van der Waals surface area contributed by atoms with Gasteiger partial charge in [0.1, 0.15) is 11.2 Å². The van der Waals surface area contributed by atoms with Gasteiger partial charge in [0.2, 0.25) is 0 Å². The number of nitrogens with zero attached hydrogens (tertiary/aromatic N) is 2. The van der Waals surface area contributed by atoms with Crippen LogP contribution in [0.1, 0.15) is 50.3 Å². The lowest BCUT2D eigenvalue weighted by atomic mass is 9.91. The summed E-state index contributed by atoms with van der Waals surface area (Å²) in [6.45, 7) is 1.77. The average molecular weight is 500 g/mol. The highest BCUT2D eigenvalue weighted by Crippen LogP contribution is 2.33. The van der Waals surface area contributed by atoms with Crippen molar-refractivity contribution >= 4 is 21.9 Å². The molecule has 186 valence electrons. The summed E-state index contributed by atoms with van der Waals surface area (Å²) in [6.07, 6.45) is -0.0549. The molecule has 0 aliphatic carbocycles. The van der Waals surface area contributed by atoms with E-state index in [4.69, 9.17) is 4.74 Å². The highest BCUT2D eigenvalue weighted by molar-refractivity contribution is 7.90. The molecule has 0 saturated carbocycles. The minimum Gasteiger partial charge on any atom is -0.464 e. The summed E-state index contributed by atoms with van der Waals surface area (Å²) in [5.74, 6) is -0.636. The van der Waals surface area contributed by atoms with Gasteiger partial charge in [0, 0.05) is 6.54 Å². The molecule has 1 atom stereocenters. The molecule has 2 heterocycles. The Hall–Kier alpha value is -2.66. The molecule has 11 heteroatoms. The molecular formula is C23H28F3N3O4S. The van der Waals surface area contributed by atoms with Crippen LogP contribution in [0.4, 0.5) is 18.9 Å². The topological polar surface area (TPSA) is 88.6 Å². The minimum absolute atomic E-state index is 0.0863. The normalized spacial score (nSPS) is 19.5. The summed E-state index contributed by atoms with van der Waals surface area (Å²) < 4.78 is 72.9. The van der Waals surface area contributed by atoms with Crippen LogP contribution < -0.4 is 4.72 Å². The Morgan fingerprint density at radius 3 is 2.53 bits per heavy atom. The Labute approximate surface area is 197 Å². The summed E-state index contributed by atoms with van der Waals surface area (Å²) in [7, 11) is -4.25. The number of halogens is 3. The zero-order valence-electron chi connectivity index (χ0n) is 18.8. The largest absolute Gasteiger partial charge is 0.464 e. The van der Waals surface area contributed by atoms with Crippen LogP contribution in [0, 0.1) is 0 Å². The number of nitrogens with one attached hydrogen (secondary N) is 1. The highest BCUT2D eigenvalue weighted by atomic mass is 32.2. The molecule has 1 saturated heterocycles. The van der Waals surface area contributed by atoms with Crippen molar-refractivity contribution in [2.24, 2.45) is 0 Å². The summed E-state index contributed by atoms with van der Waals surface area (Å²) in [4.78, 5) is 16.2. The minimum atomic E-state index is -4.63. The molecular weight excluding hydrogens is 471 g/mol. The van der Waals surface area contributed by atoms with Crippen LogP contribution in [-0.4, -0.2) is 42.4 Å². The van der Waals surface area contributed by atoms with Gasteiger partial charge in [-0.2, -0.15) is 25.9 Å². The zero-order valence-corrected chi connectivity index (χ0v) is 19.7. The summed E-state index contributed by atoms with van der Waals surface area (Å²) in [5, 5.41) is 0. The first-order valence-corrected chi connectivity index (χ1v) is 12.5. The fourth-order valence-corrected chi connectivity index (χ4v) is 5.50. The van der Waals surface area contributed by atoms with E-state index < -0.39 is 33.6 Å². The van der Waals surface area contributed by atoms with Crippen LogP contribution in [0.5, 0.6) is 0 Å². The van der Waals surface area contributed by atoms with E-state index in [0.29, 0.717) is 25.3 Å². The summed E-state index contributed by atoms with van der Waals surface area (Å²) >= 11 is 0. The number of unbranched alkanes of at least 4 members (excludes halogenated alkanes) is 1. The van der Waals surface area contributed by atoms with Gasteiger partial charge in [-0.1, -0.05) is 30.3 Å². The lowest BCUT2D eigenvalue weighted by molar-refractivity contribution is -0.156. The number of carbonyl (C=O) groups excluding carboxylic acids is 1. The monoisotopic (exact) mass is 499 g/mol. The van der Waals surface area contributed by atoms with E-state index in [-0.39, 0.29) is 25.3 Å². The molecule has 2 aromatic rings. The van der Waals surface area contributed by atoms with E-state index in [0.717, 1.165) is 29.4 Å². The first kappa shape index (κ1) is 26.0. The number of aromatic nitrogens is 1. The average Bonchev–Trinajstić information content (AvgIpc) is 2.79. The smallest absolute Gasteiger partial charge is 0.433 e. The number of carbonyl (C=O) groups is 1. The third-order valence-electron chi connectivity index (χ3n) is 5.79. The van der Waals surface area contributed by atoms with E-state index in [2.05, 4.69) is 9.71 Å². The number of benzene rings is 1. The third-order valence-corrected chi connectivity index (χ3v) is 7.45. The Kier molecular flexibility index (Phi) is 8.19. The fourth-order valence-electron chi connectivity index (χ4n) is 3.91. The summed E-state index contributed by atoms with van der Waals surface area (Å²) in [5.41, 5.74) is -1.48. The molecule has 0 spiro atoms. The number of esters is 1. The molecule has 1 N–H and O–H groups in total. The van der Waals surface area contributed by atoms with Crippen molar-refractivity contribution in [3.05, 3.63) is 59.9 Å². The van der Waals surface area contributed by atoms with Crippen molar-refractivity contribution in [2.45, 2.75) is 57.2 Å². The Balaban J connectivity index is 1.61. The van der Waals surface area contributed by atoms with Crippen molar-refractivity contribution in [1.29, 1.82) is 0 Å². The van der Waals surface area contributed by atoms with Crippen LogP contribution in [0.2, 0.25) is 0 Å². The van der Waals surface area contributed by atoms with Gasteiger partial charge in [0.15, 0.2) is 0 Å². The van der Waals surface area contributed by atoms with Crippen molar-refractivity contribution in [2.75, 3.05) is 17.9 Å². The first-order valence-electron chi connectivity index (χ1n) is 11.1. The standard InChI is InChI=1S/C23H28F3N3O4S/c1-22(21(30)33-16-8-5-11-18-9-3-2-4-10-18)14-6-7-15-29(22)34(31,32)28-19-12-13-20(27-17-19)23(24,25)26/h2-4,9-10,12-13,17,28H,5-8,11,14-16H2,1H3. The van der Waals surface area contributed by atoms with Gasteiger partial charge in [-0.3, -0.25) is 9.52 Å². The molecule has 1 aliphatic rings. The van der Waals surface area contributed by atoms with Crippen LogP contribution in [0.3, 0.4) is 0 Å². The quantitative estimate of drug-likeness (QED) is 0.403. The van der Waals surface area contributed by atoms with E-state index in [9.17, 15) is 26.4 Å². The Bertz CT molecular complexity index is 1060. The predicted molar refractivity (Wildman–Crippen MR) is 121 cm³/mol. The zero-order chi connectivity index (χ0) is 24.8. The second kappa shape index (κ2) is 10.7. The molecule has 1 aliphatic heterocycles. The second-order valence-electron chi connectivity index (χ2n) is 8.42. The predicted octanol–water partition coefficient (Wildman–Crippen LogP) is 4.57. The van der Waals surface area contributed by atoms with E-state index >= 15 is 0 Å². The van der Waals surface area contributed by atoms with Crippen LogP contribution in [0.25, 0.3) is 0 Å². The van der Waals surface area contributed by atoms with Gasteiger partial charge in [-0.25, -0.2) is 4.98 Å². The fraction of sp³-hybridized carbons (Fsp3) is 0.478. The van der Waals surface area contributed by atoms with Crippen LogP contribution >= 0.6 is 0 Å². The van der Waals surface area contributed by atoms with Crippen LogP contribution in [0.15, 0.2) is 48.7 Å². The number of pyridine rings is 1. The maximum atomic E-state index is 13.0. The molecule has 1 fully saturated rings. The number of hydrogen-bond donors (Lipinski definition) is 1. The summed E-state index contributed by atoms with van der Waals surface area (Å²) in [6, 6.07) is 11.6. The molecule has 1 unspecified atom stereocenters. The highest BCUT2D eigenvalue weighted by Gasteiger charge is 2.48. The molecule has 0 radical (unpaired) electrons. The van der Waals surface area contributed by atoms with Gasteiger partial charge in [0.05, 0.1) is 18.5 Å². The van der Waals surface area contributed by atoms with Crippen molar-refractivity contribution in [1.82, 2.24) is 9.29 Å². The molecule has 3 rings (SSSR count). The van der Waals surface area contributed by atoms with Gasteiger partial charge in [0.25, 0.3) is 0 Å². The van der Waals surface area contributed by atoms with Crippen LogP contribution in [-0.2, 0) is 32.3 Å². The number of rotatable bonds is 9. The van der Waals surface area contributed by atoms with E-state index in [1.807, 2.05) is 30.3 Å². The maximum absolute atomic E-state index is 13.0. The second-order valence-corrected chi connectivity index (χ2v) is 10.0. The molecule has 0 bridgehead atoms. The molecule has 1 aromatic heterocycles. The van der Waals surface area contributed by atoms with E-state index in [1.54, 1.807) is 0 Å². The Morgan fingerprint density at radius 2 is 1.88 bits per heavy atom. The molecule has 0 amide bonds. The SMILES string of the molecule is CC1(C(=O)OCCCCc2ccccc2)CCCCN1S(=O)(=O)Nc1ccc(C(F)(F)F)nc1. The lowest BCUT2D eigenvalue weighted by Gasteiger charge is -2.41. The number of anilines is 1. The van der Waals surface area contributed by atoms with Crippen molar-refractivity contribution in [3.63, 3.8) is 0 Å². The van der Waals surface area contributed by atoms with Crippen molar-refractivity contribution in [3.8, 4) is 0 Å². The van der Waals surface area contributed by atoms with Gasteiger partial charge in [-0.15, -0.1) is 0 Å². The molecule has 7 nitrogen and oxygen atoms in total. The number of piperidine rings is 1. The number of ether oxygens (including phenoxy) is 1. The number of aryl methyl sites for hydroxylation is 1. The van der Waals surface area contributed by atoms with Gasteiger partial charge in [-0.05, 0) is 63.1 Å². The van der Waals surface area contributed by atoms with Gasteiger partial charge < -0.3 is 4.74 Å². The maximum Gasteiger partial charge on any atom is 0.433 e. The number of alkyl halides is 3.